The maximum Gasteiger partial charge on any atom is 0.237 e. The van der Waals surface area contributed by atoms with Crippen molar-refractivity contribution in [2.75, 3.05) is 26.3 Å². The summed E-state index contributed by atoms with van der Waals surface area (Å²) in [6, 6.07) is 0.415. The molecule has 4 nitrogen and oxygen atoms in total. The van der Waals surface area contributed by atoms with Crippen molar-refractivity contribution in [2.24, 2.45) is 5.92 Å². The van der Waals surface area contributed by atoms with Crippen molar-refractivity contribution in [3.8, 4) is 0 Å². The van der Waals surface area contributed by atoms with E-state index < -0.39 is 0 Å². The first-order chi connectivity index (χ1) is 7.68. The van der Waals surface area contributed by atoms with Gasteiger partial charge in [-0.05, 0) is 39.2 Å². The summed E-state index contributed by atoms with van der Waals surface area (Å²) in [5.41, 5.74) is 0. The Morgan fingerprint density at radius 2 is 1.94 bits per heavy atom. The van der Waals surface area contributed by atoms with Crippen LogP contribution in [0, 0.1) is 5.92 Å². The second-order valence-corrected chi connectivity index (χ2v) is 5.11. The summed E-state index contributed by atoms with van der Waals surface area (Å²) in [6.07, 6.45) is 2.65. The fraction of sp³-hybridized carbons (Fsp3) is 0.917. The van der Waals surface area contributed by atoms with Crippen LogP contribution < -0.4 is 5.32 Å². The lowest BCUT2D eigenvalue weighted by molar-refractivity contribution is -0.143. The molecule has 16 heavy (non-hydrogen) atoms. The molecule has 1 saturated heterocycles. The van der Waals surface area contributed by atoms with Crippen LogP contribution in [0.3, 0.4) is 0 Å². The molecule has 1 aliphatic heterocycles. The Morgan fingerprint density at radius 1 is 1.31 bits per heavy atom. The Balaban J connectivity index is 1.76. The number of carbonyl (C=O) groups is 1. The van der Waals surface area contributed by atoms with Crippen LogP contribution in [0.2, 0.25) is 0 Å². The van der Waals surface area contributed by atoms with Crippen molar-refractivity contribution in [3.05, 3.63) is 0 Å². The number of hydrogen-bond acceptors (Lipinski definition) is 3. The van der Waals surface area contributed by atoms with E-state index in [0.29, 0.717) is 19.8 Å². The Labute approximate surface area is 97.3 Å². The molecule has 0 aromatic carbocycles. The fourth-order valence-corrected chi connectivity index (χ4v) is 2.29. The first-order valence-corrected chi connectivity index (χ1v) is 6.28. The molecular formula is C12H22N2O2. The number of morpholine rings is 1. The maximum absolute atomic E-state index is 12.0. The smallest absolute Gasteiger partial charge is 0.237 e. The lowest BCUT2D eigenvalue weighted by Crippen LogP contribution is -2.54. The third-order valence-corrected chi connectivity index (χ3v) is 3.36. The molecule has 1 N–H and O–H groups in total. The molecule has 0 aromatic rings. The minimum Gasteiger partial charge on any atom is -0.377 e. The summed E-state index contributed by atoms with van der Waals surface area (Å²) in [5.74, 6) is 1.04. The summed E-state index contributed by atoms with van der Waals surface area (Å²) in [7, 11) is 0. The quantitative estimate of drug-likeness (QED) is 0.764. The zero-order valence-electron chi connectivity index (χ0n) is 10.2. The van der Waals surface area contributed by atoms with Crippen molar-refractivity contribution in [3.63, 3.8) is 0 Å². The standard InChI is InChI=1S/C12H22N2O2/c1-9-7-16-8-10(2)14(9)12(15)6-13-5-11-3-4-11/h9-11,13H,3-8H2,1-2H3. The topological polar surface area (TPSA) is 41.6 Å². The van der Waals surface area contributed by atoms with Gasteiger partial charge in [0, 0.05) is 0 Å². The molecule has 2 aliphatic rings. The molecule has 2 rings (SSSR count). The third-order valence-electron chi connectivity index (χ3n) is 3.36. The van der Waals surface area contributed by atoms with Gasteiger partial charge in [0.25, 0.3) is 0 Å². The number of amides is 1. The van der Waals surface area contributed by atoms with Crippen LogP contribution in [0.15, 0.2) is 0 Å². The van der Waals surface area contributed by atoms with E-state index in [4.69, 9.17) is 4.74 Å². The molecule has 1 heterocycles. The maximum atomic E-state index is 12.0. The molecular weight excluding hydrogens is 204 g/mol. The minimum atomic E-state index is 0.207. The van der Waals surface area contributed by atoms with Gasteiger partial charge in [-0.1, -0.05) is 0 Å². The second-order valence-electron chi connectivity index (χ2n) is 5.11. The van der Waals surface area contributed by atoms with Crippen LogP contribution in [0.4, 0.5) is 0 Å². The molecule has 2 unspecified atom stereocenters. The highest BCUT2D eigenvalue weighted by molar-refractivity contribution is 5.79. The summed E-state index contributed by atoms with van der Waals surface area (Å²) >= 11 is 0. The fourth-order valence-electron chi connectivity index (χ4n) is 2.29. The molecule has 0 aromatic heterocycles. The van der Waals surface area contributed by atoms with Crippen molar-refractivity contribution < 1.29 is 9.53 Å². The SMILES string of the molecule is CC1COCC(C)N1C(=O)CNCC1CC1. The molecule has 2 atom stereocenters. The van der Waals surface area contributed by atoms with E-state index in [1.165, 1.54) is 12.8 Å². The van der Waals surface area contributed by atoms with Crippen molar-refractivity contribution in [1.29, 1.82) is 0 Å². The molecule has 0 spiro atoms. The van der Waals surface area contributed by atoms with Crippen LogP contribution in [0.1, 0.15) is 26.7 Å². The number of ether oxygens (including phenoxy) is 1. The van der Waals surface area contributed by atoms with Crippen molar-refractivity contribution in [2.45, 2.75) is 38.8 Å². The molecule has 4 heteroatoms. The lowest BCUT2D eigenvalue weighted by atomic mass is 10.1. The van der Waals surface area contributed by atoms with E-state index in [9.17, 15) is 4.79 Å². The van der Waals surface area contributed by atoms with E-state index >= 15 is 0 Å². The van der Waals surface area contributed by atoms with Crippen LogP contribution in [0.25, 0.3) is 0 Å². The van der Waals surface area contributed by atoms with Crippen LogP contribution in [0.5, 0.6) is 0 Å². The highest BCUT2D eigenvalue weighted by atomic mass is 16.5. The van der Waals surface area contributed by atoms with Gasteiger partial charge in [-0.25, -0.2) is 0 Å². The average Bonchev–Trinajstić information content (AvgIpc) is 3.01. The van der Waals surface area contributed by atoms with Crippen molar-refractivity contribution >= 4 is 5.91 Å². The van der Waals surface area contributed by atoms with Crippen LogP contribution >= 0.6 is 0 Å². The normalized spacial score (nSPS) is 30.5. The van der Waals surface area contributed by atoms with E-state index in [1.807, 2.05) is 4.90 Å². The predicted molar refractivity (Wildman–Crippen MR) is 62.2 cm³/mol. The Kier molecular flexibility index (Phi) is 3.82. The number of hydrogen-bond donors (Lipinski definition) is 1. The van der Waals surface area contributed by atoms with E-state index in [1.54, 1.807) is 0 Å². The highest BCUT2D eigenvalue weighted by Gasteiger charge is 2.29. The predicted octanol–water partition coefficient (Wildman–Crippen LogP) is 0.622. The lowest BCUT2D eigenvalue weighted by Gasteiger charge is -2.38. The van der Waals surface area contributed by atoms with Gasteiger partial charge in [-0.2, -0.15) is 0 Å². The van der Waals surface area contributed by atoms with Gasteiger partial charge in [0.1, 0.15) is 0 Å². The minimum absolute atomic E-state index is 0.207. The highest BCUT2D eigenvalue weighted by Crippen LogP contribution is 2.27. The Morgan fingerprint density at radius 3 is 2.50 bits per heavy atom. The van der Waals surface area contributed by atoms with Gasteiger partial charge in [-0.15, -0.1) is 0 Å². The van der Waals surface area contributed by atoms with Crippen LogP contribution in [-0.2, 0) is 9.53 Å². The molecule has 1 amide bonds. The zero-order chi connectivity index (χ0) is 11.5. The average molecular weight is 226 g/mol. The monoisotopic (exact) mass is 226 g/mol. The van der Waals surface area contributed by atoms with E-state index in [2.05, 4.69) is 19.2 Å². The number of carbonyl (C=O) groups excluding carboxylic acids is 1. The Hall–Kier alpha value is -0.610. The van der Waals surface area contributed by atoms with E-state index in [-0.39, 0.29) is 18.0 Å². The van der Waals surface area contributed by atoms with Gasteiger partial charge in [0.15, 0.2) is 0 Å². The first kappa shape index (κ1) is 11.9. The number of nitrogens with one attached hydrogen (secondary N) is 1. The van der Waals surface area contributed by atoms with Gasteiger partial charge >= 0.3 is 0 Å². The van der Waals surface area contributed by atoms with Gasteiger partial charge in [0.2, 0.25) is 5.91 Å². The zero-order valence-corrected chi connectivity index (χ0v) is 10.2. The summed E-state index contributed by atoms with van der Waals surface area (Å²) in [5, 5.41) is 3.25. The third kappa shape index (κ3) is 2.95. The van der Waals surface area contributed by atoms with Crippen molar-refractivity contribution in [1.82, 2.24) is 10.2 Å². The number of rotatable bonds is 4. The molecule has 1 saturated carbocycles. The van der Waals surface area contributed by atoms with Gasteiger partial charge in [0.05, 0.1) is 31.8 Å². The largest absolute Gasteiger partial charge is 0.377 e. The number of nitrogens with zero attached hydrogens (tertiary/aromatic N) is 1. The summed E-state index contributed by atoms with van der Waals surface area (Å²) in [6.45, 7) is 6.91. The summed E-state index contributed by atoms with van der Waals surface area (Å²) in [4.78, 5) is 14.0. The summed E-state index contributed by atoms with van der Waals surface area (Å²) < 4.78 is 5.41. The molecule has 0 bridgehead atoms. The molecule has 0 radical (unpaired) electrons. The first-order valence-electron chi connectivity index (χ1n) is 6.28. The van der Waals surface area contributed by atoms with Gasteiger partial charge < -0.3 is 15.0 Å². The molecule has 2 fully saturated rings. The Bertz CT molecular complexity index is 243. The second kappa shape index (κ2) is 5.15. The van der Waals surface area contributed by atoms with Gasteiger partial charge in [-0.3, -0.25) is 4.79 Å². The van der Waals surface area contributed by atoms with Crippen LogP contribution in [-0.4, -0.2) is 49.2 Å². The van der Waals surface area contributed by atoms with E-state index in [0.717, 1.165) is 12.5 Å². The molecule has 1 aliphatic carbocycles. The molecule has 92 valence electrons.